The fraction of sp³-hybridized carbons (Fsp3) is 0.292. The van der Waals surface area contributed by atoms with Crippen LogP contribution in [0.2, 0.25) is 0 Å². The molecule has 164 valence electrons. The number of hydrogen-bond donors (Lipinski definition) is 0. The molecule has 1 fully saturated rings. The number of likely N-dealkylation sites (tertiary alicyclic amines) is 1. The predicted octanol–water partition coefficient (Wildman–Crippen LogP) is 3.42. The fourth-order valence-electron chi connectivity index (χ4n) is 4.43. The Kier molecular flexibility index (Phi) is 5.13. The lowest BCUT2D eigenvalue weighted by atomic mass is 10.1. The number of halogens is 1. The number of carbonyl (C=O) groups excluding carboxylic acids is 1. The lowest BCUT2D eigenvalue weighted by Gasteiger charge is -2.22. The van der Waals surface area contributed by atoms with Crippen molar-refractivity contribution in [2.75, 3.05) is 6.54 Å². The van der Waals surface area contributed by atoms with E-state index in [1.165, 1.54) is 16.7 Å². The number of benzene rings is 2. The van der Waals surface area contributed by atoms with Crippen molar-refractivity contribution in [1.29, 1.82) is 0 Å². The smallest absolute Gasteiger partial charge is 0.329 e. The Labute approximate surface area is 183 Å². The van der Waals surface area contributed by atoms with Crippen molar-refractivity contribution in [1.82, 2.24) is 19.0 Å². The van der Waals surface area contributed by atoms with Crippen LogP contribution in [0.25, 0.3) is 11.0 Å². The standard InChI is InChI=1S/C24H23FN4O3/c1-27-19-5-2-3-6-20(19)29(24(27)31)15-22(30)28-12-4-7-21(28)23-26-14-18(32-23)13-16-8-10-17(25)11-9-16/h2-3,5-6,8-11,14,21H,4,7,12-13,15H2,1H3. The first-order valence-corrected chi connectivity index (χ1v) is 10.6. The molecule has 0 N–H and O–H groups in total. The first kappa shape index (κ1) is 20.2. The van der Waals surface area contributed by atoms with Crippen molar-refractivity contribution >= 4 is 16.9 Å². The van der Waals surface area contributed by atoms with E-state index >= 15 is 0 Å². The first-order chi connectivity index (χ1) is 15.5. The van der Waals surface area contributed by atoms with Gasteiger partial charge in [0.2, 0.25) is 11.8 Å². The first-order valence-electron chi connectivity index (χ1n) is 10.6. The van der Waals surface area contributed by atoms with Gasteiger partial charge in [0.15, 0.2) is 0 Å². The Balaban J connectivity index is 1.35. The minimum Gasteiger partial charge on any atom is -0.443 e. The number of para-hydroxylation sites is 2. The summed E-state index contributed by atoms with van der Waals surface area (Å²) in [5.74, 6) is 0.746. The number of nitrogens with zero attached hydrogens (tertiary/aromatic N) is 4. The van der Waals surface area contributed by atoms with Crippen molar-refractivity contribution in [3.05, 3.63) is 88.2 Å². The van der Waals surface area contributed by atoms with Crippen LogP contribution in [0.3, 0.4) is 0 Å². The van der Waals surface area contributed by atoms with Crippen molar-refractivity contribution in [2.45, 2.75) is 31.8 Å². The van der Waals surface area contributed by atoms with Crippen molar-refractivity contribution in [3.8, 4) is 0 Å². The number of oxazole rings is 1. The molecule has 1 aliphatic rings. The van der Waals surface area contributed by atoms with Gasteiger partial charge in [-0.3, -0.25) is 13.9 Å². The van der Waals surface area contributed by atoms with Gasteiger partial charge in [-0.25, -0.2) is 14.2 Å². The van der Waals surface area contributed by atoms with Gasteiger partial charge in [-0.15, -0.1) is 0 Å². The van der Waals surface area contributed by atoms with Gasteiger partial charge in [-0.05, 0) is 42.7 Å². The Bertz CT molecular complexity index is 1340. The van der Waals surface area contributed by atoms with E-state index in [4.69, 9.17) is 4.42 Å². The van der Waals surface area contributed by atoms with Gasteiger partial charge in [0.25, 0.3) is 0 Å². The summed E-state index contributed by atoms with van der Waals surface area (Å²) in [6.45, 7) is 0.568. The molecule has 0 radical (unpaired) electrons. The molecule has 1 unspecified atom stereocenters. The third kappa shape index (κ3) is 3.62. The van der Waals surface area contributed by atoms with Crippen LogP contribution in [0, 0.1) is 5.82 Å². The second kappa shape index (κ2) is 8.11. The zero-order chi connectivity index (χ0) is 22.2. The van der Waals surface area contributed by atoms with Crippen LogP contribution in [-0.4, -0.2) is 31.5 Å². The maximum Gasteiger partial charge on any atom is 0.329 e. The lowest BCUT2D eigenvalue weighted by molar-refractivity contribution is -0.133. The quantitative estimate of drug-likeness (QED) is 0.483. The molecule has 0 bridgehead atoms. The summed E-state index contributed by atoms with van der Waals surface area (Å²) in [6, 6.07) is 13.4. The second-order valence-electron chi connectivity index (χ2n) is 8.13. The monoisotopic (exact) mass is 434 g/mol. The minimum atomic E-state index is -0.280. The van der Waals surface area contributed by atoms with Gasteiger partial charge in [-0.2, -0.15) is 0 Å². The van der Waals surface area contributed by atoms with Gasteiger partial charge >= 0.3 is 5.69 Å². The Morgan fingerprint density at radius 2 is 1.91 bits per heavy atom. The lowest BCUT2D eigenvalue weighted by Crippen LogP contribution is -2.36. The number of aromatic nitrogens is 3. The molecular weight excluding hydrogens is 411 g/mol. The van der Waals surface area contributed by atoms with Crippen LogP contribution in [0.4, 0.5) is 4.39 Å². The van der Waals surface area contributed by atoms with Gasteiger partial charge in [0, 0.05) is 20.0 Å². The molecule has 32 heavy (non-hydrogen) atoms. The van der Waals surface area contributed by atoms with Crippen LogP contribution in [0.5, 0.6) is 0 Å². The summed E-state index contributed by atoms with van der Waals surface area (Å²) in [6.07, 6.45) is 3.76. The molecule has 0 spiro atoms. The molecule has 4 aromatic rings. The zero-order valence-corrected chi connectivity index (χ0v) is 17.7. The number of amides is 1. The topological polar surface area (TPSA) is 73.3 Å². The van der Waals surface area contributed by atoms with Gasteiger partial charge in [0.1, 0.15) is 24.2 Å². The molecule has 0 aliphatic carbocycles. The van der Waals surface area contributed by atoms with E-state index in [1.54, 1.807) is 34.8 Å². The Morgan fingerprint density at radius 1 is 1.16 bits per heavy atom. The largest absolute Gasteiger partial charge is 0.443 e. The van der Waals surface area contributed by atoms with Crippen LogP contribution >= 0.6 is 0 Å². The summed E-state index contributed by atoms with van der Waals surface area (Å²) >= 11 is 0. The molecular formula is C24H23FN4O3. The SMILES string of the molecule is Cn1c(=O)n(CC(=O)N2CCCC2c2ncc(Cc3ccc(F)cc3)o2)c2ccccc21. The third-order valence-electron chi connectivity index (χ3n) is 6.07. The molecule has 7 nitrogen and oxygen atoms in total. The molecule has 0 saturated carbocycles. The second-order valence-corrected chi connectivity index (χ2v) is 8.13. The summed E-state index contributed by atoms with van der Waals surface area (Å²) in [4.78, 5) is 32.0. The van der Waals surface area contributed by atoms with E-state index in [0.29, 0.717) is 24.6 Å². The highest BCUT2D eigenvalue weighted by molar-refractivity contribution is 5.81. The van der Waals surface area contributed by atoms with Crippen LogP contribution in [0.15, 0.2) is 63.9 Å². The Hall–Kier alpha value is -3.68. The highest BCUT2D eigenvalue weighted by Gasteiger charge is 2.33. The highest BCUT2D eigenvalue weighted by Crippen LogP contribution is 2.32. The van der Waals surface area contributed by atoms with E-state index in [9.17, 15) is 14.0 Å². The van der Waals surface area contributed by atoms with Gasteiger partial charge in [0.05, 0.1) is 17.2 Å². The summed E-state index contributed by atoms with van der Waals surface area (Å²) in [5.41, 5.74) is 2.24. The van der Waals surface area contributed by atoms with E-state index in [1.807, 2.05) is 24.3 Å². The van der Waals surface area contributed by atoms with Gasteiger partial charge in [-0.1, -0.05) is 24.3 Å². The molecule has 3 heterocycles. The molecule has 1 saturated heterocycles. The average molecular weight is 434 g/mol. The number of aryl methyl sites for hydroxylation is 1. The number of fused-ring (bicyclic) bond motifs is 1. The van der Waals surface area contributed by atoms with Crippen LogP contribution in [0.1, 0.15) is 36.1 Å². The number of rotatable bonds is 5. The molecule has 1 aliphatic heterocycles. The van der Waals surface area contributed by atoms with E-state index < -0.39 is 0 Å². The molecule has 1 amide bonds. The zero-order valence-electron chi connectivity index (χ0n) is 17.7. The molecule has 1 atom stereocenters. The van der Waals surface area contributed by atoms with Crippen molar-refractivity contribution < 1.29 is 13.6 Å². The molecule has 2 aromatic carbocycles. The fourth-order valence-corrected chi connectivity index (χ4v) is 4.43. The van der Waals surface area contributed by atoms with Crippen LogP contribution < -0.4 is 5.69 Å². The molecule has 8 heteroatoms. The van der Waals surface area contributed by atoms with E-state index in [-0.39, 0.29) is 30.0 Å². The maximum absolute atomic E-state index is 13.2. The minimum absolute atomic E-state index is 0.0279. The highest BCUT2D eigenvalue weighted by atomic mass is 19.1. The van der Waals surface area contributed by atoms with Crippen LogP contribution in [-0.2, 0) is 24.8 Å². The van der Waals surface area contributed by atoms with Crippen molar-refractivity contribution in [3.63, 3.8) is 0 Å². The summed E-state index contributed by atoms with van der Waals surface area (Å²) < 4.78 is 22.2. The number of carbonyl (C=O) groups is 1. The normalized spacial score (nSPS) is 16.2. The van der Waals surface area contributed by atoms with Crippen molar-refractivity contribution in [2.24, 2.45) is 7.05 Å². The maximum atomic E-state index is 13.2. The van der Waals surface area contributed by atoms with Gasteiger partial charge < -0.3 is 9.32 Å². The third-order valence-corrected chi connectivity index (χ3v) is 6.07. The predicted molar refractivity (Wildman–Crippen MR) is 117 cm³/mol. The molecule has 2 aromatic heterocycles. The Morgan fingerprint density at radius 3 is 2.69 bits per heavy atom. The summed E-state index contributed by atoms with van der Waals surface area (Å²) in [5, 5.41) is 0. The summed E-state index contributed by atoms with van der Waals surface area (Å²) in [7, 11) is 1.71. The number of imidazole rings is 1. The van der Waals surface area contributed by atoms with E-state index in [2.05, 4.69) is 4.98 Å². The number of hydrogen-bond acceptors (Lipinski definition) is 4. The average Bonchev–Trinajstić information content (AvgIpc) is 3.51. The van der Waals surface area contributed by atoms with E-state index in [0.717, 1.165) is 29.4 Å². The molecule has 5 rings (SSSR count).